The number of anilines is 1. The summed E-state index contributed by atoms with van der Waals surface area (Å²) < 4.78 is 0.819. The fraction of sp³-hybridized carbons (Fsp3) is 0.100. The van der Waals surface area contributed by atoms with Crippen molar-refractivity contribution in [2.75, 3.05) is 5.73 Å². The lowest BCUT2D eigenvalue weighted by atomic mass is 10.4. The van der Waals surface area contributed by atoms with Crippen LogP contribution in [-0.4, -0.2) is 4.98 Å². The number of aromatic nitrogens is 1. The second kappa shape index (κ2) is 4.88. The van der Waals surface area contributed by atoms with Crippen LogP contribution in [0, 0.1) is 0 Å². The van der Waals surface area contributed by atoms with Crippen molar-refractivity contribution in [2.45, 2.75) is 10.8 Å². The molecule has 0 amide bonds. The average Bonchev–Trinajstić information content (AvgIpc) is 2.63. The lowest BCUT2D eigenvalue weighted by Gasteiger charge is -2.01. The molecule has 2 aromatic rings. The number of thioether (sulfide) groups is 1. The van der Waals surface area contributed by atoms with E-state index in [4.69, 9.17) is 17.3 Å². The van der Waals surface area contributed by atoms with Crippen molar-refractivity contribution in [2.24, 2.45) is 0 Å². The summed E-state index contributed by atoms with van der Waals surface area (Å²) in [6.07, 6.45) is 1.75. The minimum Gasteiger partial charge on any atom is -0.397 e. The molecule has 2 N–H and O–H groups in total. The maximum atomic E-state index is 5.84. The molecule has 0 aromatic carbocycles. The lowest BCUT2D eigenvalue weighted by molar-refractivity contribution is 1.14. The Morgan fingerprint density at radius 3 is 2.93 bits per heavy atom. The van der Waals surface area contributed by atoms with Gasteiger partial charge in [0.15, 0.2) is 0 Å². The van der Waals surface area contributed by atoms with Crippen LogP contribution >= 0.6 is 34.7 Å². The first-order chi connectivity index (χ1) is 7.25. The number of hydrogen-bond acceptors (Lipinski definition) is 4. The fourth-order valence-electron chi connectivity index (χ4n) is 1.09. The molecule has 2 nitrogen and oxygen atoms in total. The predicted molar refractivity (Wildman–Crippen MR) is 67.5 cm³/mol. The molecule has 0 spiro atoms. The lowest BCUT2D eigenvalue weighted by Crippen LogP contribution is -1.90. The van der Waals surface area contributed by atoms with Gasteiger partial charge in [-0.2, -0.15) is 0 Å². The van der Waals surface area contributed by atoms with Crippen LogP contribution in [0.25, 0.3) is 0 Å². The van der Waals surface area contributed by atoms with Gasteiger partial charge in [-0.15, -0.1) is 11.3 Å². The Balaban J connectivity index is 2.02. The second-order valence-corrected chi connectivity index (χ2v) is 5.66. The summed E-state index contributed by atoms with van der Waals surface area (Å²) in [6.45, 7) is 0. The van der Waals surface area contributed by atoms with Crippen LogP contribution in [0.15, 0.2) is 35.5 Å². The van der Waals surface area contributed by atoms with E-state index in [1.54, 1.807) is 29.3 Å². The molecule has 0 aliphatic carbocycles. The highest BCUT2D eigenvalue weighted by Crippen LogP contribution is 2.30. The van der Waals surface area contributed by atoms with Gasteiger partial charge in [-0.05, 0) is 24.3 Å². The van der Waals surface area contributed by atoms with Crippen molar-refractivity contribution >= 4 is 40.4 Å². The quantitative estimate of drug-likeness (QED) is 0.852. The number of halogens is 1. The number of rotatable bonds is 3. The number of hydrogen-bond donors (Lipinski definition) is 1. The van der Waals surface area contributed by atoms with Crippen LogP contribution in [-0.2, 0) is 5.75 Å². The highest BCUT2D eigenvalue weighted by atomic mass is 35.5. The molecular weight excluding hydrogens is 248 g/mol. The van der Waals surface area contributed by atoms with Crippen molar-refractivity contribution in [3.8, 4) is 0 Å². The zero-order chi connectivity index (χ0) is 10.7. The van der Waals surface area contributed by atoms with E-state index in [9.17, 15) is 0 Å². The van der Waals surface area contributed by atoms with E-state index in [1.165, 1.54) is 4.88 Å². The molecule has 0 bridgehead atoms. The Hall–Kier alpha value is -0.710. The molecular formula is C10H9ClN2S2. The Bertz CT molecular complexity index is 456. The molecule has 0 atom stereocenters. The maximum Gasteiger partial charge on any atom is 0.119 e. The monoisotopic (exact) mass is 256 g/mol. The van der Waals surface area contributed by atoms with E-state index in [-0.39, 0.29) is 0 Å². The van der Waals surface area contributed by atoms with E-state index >= 15 is 0 Å². The van der Waals surface area contributed by atoms with Crippen molar-refractivity contribution in [3.63, 3.8) is 0 Å². The normalized spacial score (nSPS) is 10.5. The largest absolute Gasteiger partial charge is 0.397 e. The highest BCUT2D eigenvalue weighted by Gasteiger charge is 2.03. The van der Waals surface area contributed by atoms with Crippen LogP contribution < -0.4 is 5.73 Å². The van der Waals surface area contributed by atoms with Gasteiger partial charge in [0.05, 0.1) is 10.0 Å². The van der Waals surface area contributed by atoms with Gasteiger partial charge in [0.2, 0.25) is 0 Å². The molecule has 0 saturated heterocycles. The summed E-state index contributed by atoms with van der Waals surface area (Å²) >= 11 is 9.06. The van der Waals surface area contributed by atoms with Crippen LogP contribution in [0.1, 0.15) is 4.88 Å². The van der Waals surface area contributed by atoms with Gasteiger partial charge in [0.1, 0.15) is 5.03 Å². The van der Waals surface area contributed by atoms with E-state index in [1.807, 2.05) is 24.3 Å². The van der Waals surface area contributed by atoms with Gasteiger partial charge in [0, 0.05) is 16.8 Å². The molecule has 2 rings (SSSR count). The summed E-state index contributed by atoms with van der Waals surface area (Å²) in [4.78, 5) is 5.44. The second-order valence-electron chi connectivity index (χ2n) is 2.89. The first-order valence-corrected chi connectivity index (χ1v) is 6.51. The van der Waals surface area contributed by atoms with Crippen molar-refractivity contribution in [1.82, 2.24) is 4.98 Å². The number of nitrogen functional groups attached to an aromatic ring is 1. The van der Waals surface area contributed by atoms with Crippen LogP contribution in [0.4, 0.5) is 5.69 Å². The van der Waals surface area contributed by atoms with Crippen molar-refractivity contribution in [3.05, 3.63) is 39.7 Å². The third kappa shape index (κ3) is 2.87. The third-order valence-electron chi connectivity index (χ3n) is 1.78. The van der Waals surface area contributed by atoms with Gasteiger partial charge in [-0.1, -0.05) is 23.4 Å². The summed E-state index contributed by atoms with van der Waals surface area (Å²) in [5.74, 6) is 0.860. The fourth-order valence-corrected chi connectivity index (χ4v) is 3.13. The number of nitrogens with two attached hydrogens (primary N) is 1. The number of thiophene rings is 1. The Labute approximate surface area is 101 Å². The molecule has 0 saturated carbocycles. The first kappa shape index (κ1) is 10.8. The molecule has 2 heterocycles. The minimum atomic E-state index is 0.727. The Morgan fingerprint density at radius 2 is 2.27 bits per heavy atom. The Kier molecular flexibility index (Phi) is 3.51. The minimum absolute atomic E-state index is 0.727. The molecule has 5 heteroatoms. The van der Waals surface area contributed by atoms with Crippen LogP contribution in [0.2, 0.25) is 4.34 Å². The smallest absolute Gasteiger partial charge is 0.119 e. The molecule has 0 aliphatic rings. The van der Waals surface area contributed by atoms with E-state index in [0.29, 0.717) is 0 Å². The molecule has 2 aromatic heterocycles. The van der Waals surface area contributed by atoms with E-state index < -0.39 is 0 Å². The summed E-state index contributed by atoms with van der Waals surface area (Å²) in [7, 11) is 0. The van der Waals surface area contributed by atoms with Crippen LogP contribution in [0.3, 0.4) is 0 Å². The average molecular weight is 257 g/mol. The topological polar surface area (TPSA) is 38.9 Å². The third-order valence-corrected chi connectivity index (χ3v) is 4.26. The van der Waals surface area contributed by atoms with Gasteiger partial charge in [-0.3, -0.25) is 0 Å². The summed E-state index contributed by atoms with van der Waals surface area (Å²) in [5.41, 5.74) is 6.51. The molecule has 0 aliphatic heterocycles. The molecule has 0 radical (unpaired) electrons. The van der Waals surface area contributed by atoms with Gasteiger partial charge in [-0.25, -0.2) is 4.98 Å². The maximum absolute atomic E-state index is 5.84. The zero-order valence-corrected chi connectivity index (χ0v) is 10.2. The van der Waals surface area contributed by atoms with Gasteiger partial charge in [0.25, 0.3) is 0 Å². The summed E-state index contributed by atoms with van der Waals surface area (Å²) in [6, 6.07) is 7.63. The Morgan fingerprint density at radius 1 is 1.40 bits per heavy atom. The van der Waals surface area contributed by atoms with Gasteiger partial charge >= 0.3 is 0 Å². The van der Waals surface area contributed by atoms with Crippen molar-refractivity contribution < 1.29 is 0 Å². The standard InChI is InChI=1S/C10H9ClN2S2/c11-9-4-3-7(15-9)6-14-10-8(12)2-1-5-13-10/h1-5H,6,12H2. The SMILES string of the molecule is Nc1cccnc1SCc1ccc(Cl)s1. The van der Waals surface area contributed by atoms with E-state index in [2.05, 4.69) is 4.98 Å². The molecule has 78 valence electrons. The van der Waals surface area contributed by atoms with Gasteiger partial charge < -0.3 is 5.73 Å². The predicted octanol–water partition coefficient (Wildman–Crippen LogP) is 3.67. The zero-order valence-electron chi connectivity index (χ0n) is 7.81. The molecule has 0 fully saturated rings. The summed E-state index contributed by atoms with van der Waals surface area (Å²) in [5, 5.41) is 0.877. The highest BCUT2D eigenvalue weighted by molar-refractivity contribution is 7.98. The van der Waals surface area contributed by atoms with Crippen molar-refractivity contribution in [1.29, 1.82) is 0 Å². The first-order valence-electron chi connectivity index (χ1n) is 4.33. The van der Waals surface area contributed by atoms with Crippen LogP contribution in [0.5, 0.6) is 0 Å². The molecule has 15 heavy (non-hydrogen) atoms. The molecule has 0 unspecified atom stereocenters. The number of nitrogens with zero attached hydrogens (tertiary/aromatic N) is 1. The van der Waals surface area contributed by atoms with E-state index in [0.717, 1.165) is 20.8 Å². The number of pyridine rings is 1.